The fraction of sp³-hybridized carbons (Fsp3) is 0.467. The number of hydrogen-bond acceptors (Lipinski definition) is 3. The third-order valence-corrected chi connectivity index (χ3v) is 3.05. The Morgan fingerprint density at radius 3 is 2.55 bits per heavy atom. The maximum Gasteiger partial charge on any atom is 0.252 e. The zero-order valence-electron chi connectivity index (χ0n) is 12.5. The first-order chi connectivity index (χ1) is 9.49. The number of carbonyl (C=O) groups excluding carboxylic acids is 2. The summed E-state index contributed by atoms with van der Waals surface area (Å²) in [4.78, 5) is 23.9. The molecular formula is C15H23N3O2. The van der Waals surface area contributed by atoms with Crippen LogP contribution in [-0.2, 0) is 4.79 Å². The summed E-state index contributed by atoms with van der Waals surface area (Å²) in [6.07, 6.45) is 0.872. The minimum absolute atomic E-state index is 0.162. The summed E-state index contributed by atoms with van der Waals surface area (Å²) in [7, 11) is 1.83. The molecule has 0 saturated heterocycles. The normalized spacial score (nSPS) is 11.6. The van der Waals surface area contributed by atoms with Crippen LogP contribution < -0.4 is 16.0 Å². The number of amides is 2. The zero-order valence-corrected chi connectivity index (χ0v) is 12.5. The molecule has 5 nitrogen and oxygen atoms in total. The Balaban J connectivity index is 2.69. The van der Waals surface area contributed by atoms with Gasteiger partial charge in [-0.1, -0.05) is 6.92 Å². The molecule has 0 heterocycles. The quantitative estimate of drug-likeness (QED) is 0.741. The van der Waals surface area contributed by atoms with Crippen LogP contribution in [0.3, 0.4) is 0 Å². The fourth-order valence-corrected chi connectivity index (χ4v) is 1.82. The average molecular weight is 277 g/mol. The molecule has 0 radical (unpaired) electrons. The summed E-state index contributed by atoms with van der Waals surface area (Å²) < 4.78 is 0. The Morgan fingerprint density at radius 1 is 1.30 bits per heavy atom. The summed E-state index contributed by atoms with van der Waals surface area (Å²) in [6.45, 7) is 6.16. The van der Waals surface area contributed by atoms with Crippen molar-refractivity contribution in [1.82, 2.24) is 10.6 Å². The number of rotatable bonds is 6. The standard InChI is InChI=1S/C15H23N3O2/c1-5-8-17-14(19)11(3)18-15(20)13-7-6-12(16-4)9-10(13)2/h6-7,9,11,16H,5,8H2,1-4H3,(H,17,19)(H,18,20). The first kappa shape index (κ1) is 16.0. The molecule has 0 aliphatic heterocycles. The van der Waals surface area contributed by atoms with E-state index in [0.717, 1.165) is 17.7 Å². The van der Waals surface area contributed by atoms with E-state index in [0.29, 0.717) is 12.1 Å². The van der Waals surface area contributed by atoms with Gasteiger partial charge in [0.25, 0.3) is 5.91 Å². The summed E-state index contributed by atoms with van der Waals surface area (Å²) in [5.41, 5.74) is 2.41. The SMILES string of the molecule is CCCNC(=O)C(C)NC(=O)c1ccc(NC)cc1C. The number of carbonyl (C=O) groups is 2. The minimum atomic E-state index is -0.544. The van der Waals surface area contributed by atoms with Crippen molar-refractivity contribution in [3.63, 3.8) is 0 Å². The third-order valence-electron chi connectivity index (χ3n) is 3.05. The van der Waals surface area contributed by atoms with E-state index < -0.39 is 6.04 Å². The summed E-state index contributed by atoms with van der Waals surface area (Å²) in [5.74, 6) is -0.394. The predicted octanol–water partition coefficient (Wildman–Crippen LogP) is 1.68. The van der Waals surface area contributed by atoms with Gasteiger partial charge in [0.05, 0.1) is 0 Å². The third kappa shape index (κ3) is 4.26. The lowest BCUT2D eigenvalue weighted by molar-refractivity contribution is -0.122. The lowest BCUT2D eigenvalue weighted by Gasteiger charge is -2.15. The molecule has 1 aromatic rings. The number of anilines is 1. The fourth-order valence-electron chi connectivity index (χ4n) is 1.82. The van der Waals surface area contributed by atoms with Gasteiger partial charge in [0.15, 0.2) is 0 Å². The van der Waals surface area contributed by atoms with Gasteiger partial charge >= 0.3 is 0 Å². The van der Waals surface area contributed by atoms with Gasteiger partial charge in [0.1, 0.15) is 6.04 Å². The molecule has 0 bridgehead atoms. The maximum atomic E-state index is 12.1. The van der Waals surface area contributed by atoms with Gasteiger partial charge in [-0.3, -0.25) is 9.59 Å². The molecule has 1 unspecified atom stereocenters. The molecule has 2 amide bonds. The molecule has 0 aliphatic carbocycles. The van der Waals surface area contributed by atoms with Gasteiger partial charge in [-0.05, 0) is 44.0 Å². The van der Waals surface area contributed by atoms with Crippen LogP contribution in [0, 0.1) is 6.92 Å². The van der Waals surface area contributed by atoms with Crippen LogP contribution in [0.1, 0.15) is 36.2 Å². The maximum absolute atomic E-state index is 12.1. The highest BCUT2D eigenvalue weighted by Gasteiger charge is 2.17. The Hall–Kier alpha value is -2.04. The van der Waals surface area contributed by atoms with Crippen molar-refractivity contribution in [3.05, 3.63) is 29.3 Å². The Labute approximate surface area is 120 Å². The van der Waals surface area contributed by atoms with Gasteiger partial charge < -0.3 is 16.0 Å². The van der Waals surface area contributed by atoms with Gasteiger partial charge in [0, 0.05) is 24.8 Å². The number of aryl methyl sites for hydroxylation is 1. The Bertz CT molecular complexity index is 486. The second-order valence-corrected chi connectivity index (χ2v) is 4.77. The first-order valence-electron chi connectivity index (χ1n) is 6.86. The van der Waals surface area contributed by atoms with Gasteiger partial charge in [-0.2, -0.15) is 0 Å². The largest absolute Gasteiger partial charge is 0.388 e. The lowest BCUT2D eigenvalue weighted by Crippen LogP contribution is -2.45. The van der Waals surface area contributed by atoms with E-state index in [-0.39, 0.29) is 11.8 Å². The van der Waals surface area contributed by atoms with Crippen molar-refractivity contribution in [2.45, 2.75) is 33.2 Å². The molecular weight excluding hydrogens is 254 g/mol. The van der Waals surface area contributed by atoms with E-state index in [1.54, 1.807) is 13.0 Å². The topological polar surface area (TPSA) is 70.2 Å². The van der Waals surface area contributed by atoms with Crippen molar-refractivity contribution in [2.24, 2.45) is 0 Å². The van der Waals surface area contributed by atoms with Crippen LogP contribution in [0.5, 0.6) is 0 Å². The van der Waals surface area contributed by atoms with Gasteiger partial charge in [-0.25, -0.2) is 0 Å². The van der Waals surface area contributed by atoms with Crippen LogP contribution in [0.2, 0.25) is 0 Å². The van der Waals surface area contributed by atoms with E-state index in [9.17, 15) is 9.59 Å². The molecule has 5 heteroatoms. The van der Waals surface area contributed by atoms with E-state index in [4.69, 9.17) is 0 Å². The van der Waals surface area contributed by atoms with Crippen molar-refractivity contribution in [1.29, 1.82) is 0 Å². The molecule has 1 atom stereocenters. The van der Waals surface area contributed by atoms with Gasteiger partial charge in [0.2, 0.25) is 5.91 Å². The molecule has 0 aliphatic rings. The van der Waals surface area contributed by atoms with Crippen LogP contribution in [0.25, 0.3) is 0 Å². The van der Waals surface area contributed by atoms with E-state index >= 15 is 0 Å². The van der Waals surface area contributed by atoms with E-state index in [1.165, 1.54) is 0 Å². The summed E-state index contributed by atoms with van der Waals surface area (Å²) in [6, 6.07) is 4.95. The monoisotopic (exact) mass is 277 g/mol. The second-order valence-electron chi connectivity index (χ2n) is 4.77. The molecule has 20 heavy (non-hydrogen) atoms. The Kier molecular flexibility index (Phi) is 6.03. The number of hydrogen-bond donors (Lipinski definition) is 3. The average Bonchev–Trinajstić information content (AvgIpc) is 2.44. The number of benzene rings is 1. The second kappa shape index (κ2) is 7.53. The van der Waals surface area contributed by atoms with Crippen molar-refractivity contribution in [3.8, 4) is 0 Å². The van der Waals surface area contributed by atoms with Crippen LogP contribution in [0.4, 0.5) is 5.69 Å². The first-order valence-corrected chi connectivity index (χ1v) is 6.86. The van der Waals surface area contributed by atoms with Crippen LogP contribution >= 0.6 is 0 Å². The van der Waals surface area contributed by atoms with E-state index in [1.807, 2.05) is 33.0 Å². The molecule has 0 spiro atoms. The Morgan fingerprint density at radius 2 is 2.00 bits per heavy atom. The summed E-state index contributed by atoms with van der Waals surface area (Å²) in [5, 5.41) is 8.49. The van der Waals surface area contributed by atoms with Crippen molar-refractivity contribution < 1.29 is 9.59 Å². The molecule has 0 fully saturated rings. The smallest absolute Gasteiger partial charge is 0.252 e. The molecule has 0 aromatic heterocycles. The molecule has 0 saturated carbocycles. The zero-order chi connectivity index (χ0) is 15.1. The molecule has 110 valence electrons. The lowest BCUT2D eigenvalue weighted by atomic mass is 10.1. The predicted molar refractivity (Wildman–Crippen MR) is 81.0 cm³/mol. The van der Waals surface area contributed by atoms with Crippen molar-refractivity contribution in [2.75, 3.05) is 18.9 Å². The highest BCUT2D eigenvalue weighted by Crippen LogP contribution is 2.14. The van der Waals surface area contributed by atoms with Crippen molar-refractivity contribution >= 4 is 17.5 Å². The van der Waals surface area contributed by atoms with Crippen LogP contribution in [0.15, 0.2) is 18.2 Å². The van der Waals surface area contributed by atoms with E-state index in [2.05, 4.69) is 16.0 Å². The molecule has 1 aromatic carbocycles. The number of nitrogens with one attached hydrogen (secondary N) is 3. The van der Waals surface area contributed by atoms with Gasteiger partial charge in [-0.15, -0.1) is 0 Å². The summed E-state index contributed by atoms with van der Waals surface area (Å²) >= 11 is 0. The highest BCUT2D eigenvalue weighted by atomic mass is 16.2. The molecule has 1 rings (SSSR count). The minimum Gasteiger partial charge on any atom is -0.388 e. The van der Waals surface area contributed by atoms with Crippen LogP contribution in [-0.4, -0.2) is 31.4 Å². The highest BCUT2D eigenvalue weighted by molar-refractivity contribution is 5.98. The molecule has 3 N–H and O–H groups in total.